The van der Waals surface area contributed by atoms with Gasteiger partial charge in [-0.15, -0.1) is 0 Å². The van der Waals surface area contributed by atoms with Crippen molar-refractivity contribution in [2.45, 2.75) is 19.5 Å². The lowest BCUT2D eigenvalue weighted by molar-refractivity contribution is 0.564. The van der Waals surface area contributed by atoms with Crippen LogP contribution in [0.25, 0.3) is 0 Å². The summed E-state index contributed by atoms with van der Waals surface area (Å²) in [6.45, 7) is 2.67. The van der Waals surface area contributed by atoms with Gasteiger partial charge < -0.3 is 5.32 Å². The molecule has 0 unspecified atom stereocenters. The first-order valence-electron chi connectivity index (χ1n) is 5.99. The highest BCUT2D eigenvalue weighted by molar-refractivity contribution is 9.10. The topological polar surface area (TPSA) is 12.0 Å². The molecule has 0 saturated carbocycles. The van der Waals surface area contributed by atoms with Crippen molar-refractivity contribution < 1.29 is 4.39 Å². The molecule has 1 nitrogen and oxygen atoms in total. The van der Waals surface area contributed by atoms with Crippen LogP contribution in [0, 0.1) is 5.82 Å². The minimum absolute atomic E-state index is 0.0709. The maximum absolute atomic E-state index is 13.2. The molecule has 0 aliphatic heterocycles. The predicted octanol–water partition coefficient (Wildman–Crippen LogP) is 5.09. The third-order valence-corrected chi connectivity index (χ3v) is 3.96. The van der Waals surface area contributed by atoms with Crippen LogP contribution in [-0.2, 0) is 6.54 Å². The highest BCUT2D eigenvalue weighted by Crippen LogP contribution is 2.22. The Hall–Kier alpha value is -0.900. The molecule has 0 heterocycles. The summed E-state index contributed by atoms with van der Waals surface area (Å²) >= 11 is 9.46. The van der Waals surface area contributed by atoms with Crippen LogP contribution >= 0.6 is 27.5 Å². The standard InChI is InChI=1S/C15H14BrClFN/c1-10(11-3-2-4-14(18)8-11)19-9-12-7-13(17)5-6-15(12)16/h2-8,10,19H,9H2,1H3/t10-/m0/s1. The predicted molar refractivity (Wildman–Crippen MR) is 80.8 cm³/mol. The molecule has 0 spiro atoms. The second-order valence-electron chi connectivity index (χ2n) is 4.39. The van der Waals surface area contributed by atoms with E-state index >= 15 is 0 Å². The zero-order valence-electron chi connectivity index (χ0n) is 10.5. The van der Waals surface area contributed by atoms with Gasteiger partial charge in [0.2, 0.25) is 0 Å². The van der Waals surface area contributed by atoms with E-state index in [1.165, 1.54) is 6.07 Å². The lowest BCUT2D eigenvalue weighted by Gasteiger charge is -2.15. The van der Waals surface area contributed by atoms with Crippen LogP contribution in [0.4, 0.5) is 4.39 Å². The summed E-state index contributed by atoms with van der Waals surface area (Å²) in [6.07, 6.45) is 0. The van der Waals surface area contributed by atoms with Crippen molar-refractivity contribution >= 4 is 27.5 Å². The van der Waals surface area contributed by atoms with Crippen molar-refractivity contribution in [3.05, 3.63) is 68.9 Å². The van der Waals surface area contributed by atoms with E-state index in [-0.39, 0.29) is 11.9 Å². The quantitative estimate of drug-likeness (QED) is 0.816. The maximum atomic E-state index is 13.2. The first-order valence-corrected chi connectivity index (χ1v) is 7.16. The molecule has 1 atom stereocenters. The second-order valence-corrected chi connectivity index (χ2v) is 5.68. The van der Waals surface area contributed by atoms with E-state index in [1.54, 1.807) is 12.1 Å². The maximum Gasteiger partial charge on any atom is 0.123 e. The van der Waals surface area contributed by atoms with E-state index in [2.05, 4.69) is 21.2 Å². The SMILES string of the molecule is C[C@H](NCc1cc(Cl)ccc1Br)c1cccc(F)c1. The van der Waals surface area contributed by atoms with Crippen LogP contribution in [0.2, 0.25) is 5.02 Å². The van der Waals surface area contributed by atoms with Gasteiger partial charge in [-0.2, -0.15) is 0 Å². The molecule has 4 heteroatoms. The summed E-state index contributed by atoms with van der Waals surface area (Å²) in [7, 11) is 0. The third kappa shape index (κ3) is 4.03. The van der Waals surface area contributed by atoms with Gasteiger partial charge in [-0.3, -0.25) is 0 Å². The molecular weight excluding hydrogens is 329 g/mol. The first-order chi connectivity index (χ1) is 9.06. The highest BCUT2D eigenvalue weighted by Gasteiger charge is 2.07. The molecule has 0 aliphatic rings. The Balaban J connectivity index is 2.04. The van der Waals surface area contributed by atoms with E-state index in [0.717, 1.165) is 15.6 Å². The highest BCUT2D eigenvalue weighted by atomic mass is 79.9. The van der Waals surface area contributed by atoms with Gasteiger partial charge in [-0.05, 0) is 48.4 Å². The smallest absolute Gasteiger partial charge is 0.123 e. The Bertz CT molecular complexity index is 574. The molecule has 1 N–H and O–H groups in total. The van der Waals surface area contributed by atoms with Crippen LogP contribution in [0.5, 0.6) is 0 Å². The molecule has 0 bridgehead atoms. The van der Waals surface area contributed by atoms with Gasteiger partial charge in [0.05, 0.1) is 0 Å². The number of benzene rings is 2. The average molecular weight is 343 g/mol. The van der Waals surface area contributed by atoms with Crippen molar-refractivity contribution in [2.24, 2.45) is 0 Å². The minimum Gasteiger partial charge on any atom is -0.306 e. The largest absolute Gasteiger partial charge is 0.306 e. The number of hydrogen-bond donors (Lipinski definition) is 1. The third-order valence-electron chi connectivity index (χ3n) is 2.96. The molecule has 2 aromatic rings. The summed E-state index contributed by atoms with van der Waals surface area (Å²) in [6, 6.07) is 12.4. The van der Waals surface area contributed by atoms with Crippen LogP contribution in [-0.4, -0.2) is 0 Å². The van der Waals surface area contributed by atoms with Crippen LogP contribution < -0.4 is 5.32 Å². The zero-order chi connectivity index (χ0) is 13.8. The molecular formula is C15H14BrClFN. The molecule has 0 radical (unpaired) electrons. The Kier molecular flexibility index (Phi) is 4.97. The van der Waals surface area contributed by atoms with Crippen molar-refractivity contribution in [3.8, 4) is 0 Å². The fourth-order valence-electron chi connectivity index (χ4n) is 1.84. The molecule has 100 valence electrons. The van der Waals surface area contributed by atoms with E-state index in [0.29, 0.717) is 11.6 Å². The summed E-state index contributed by atoms with van der Waals surface area (Å²) in [5, 5.41) is 4.06. The van der Waals surface area contributed by atoms with Crippen molar-refractivity contribution in [3.63, 3.8) is 0 Å². The van der Waals surface area contributed by atoms with Gasteiger partial charge in [0.15, 0.2) is 0 Å². The van der Waals surface area contributed by atoms with Gasteiger partial charge in [0.1, 0.15) is 5.82 Å². The number of rotatable bonds is 4. The number of nitrogens with one attached hydrogen (secondary N) is 1. The summed E-state index contributed by atoms with van der Waals surface area (Å²) in [4.78, 5) is 0. The molecule has 2 aromatic carbocycles. The summed E-state index contributed by atoms with van der Waals surface area (Å²) in [5.74, 6) is -0.213. The molecule has 0 aromatic heterocycles. The monoisotopic (exact) mass is 341 g/mol. The van der Waals surface area contributed by atoms with E-state index in [1.807, 2.05) is 31.2 Å². The molecule has 0 saturated heterocycles. The Labute approximate surface area is 125 Å². The van der Waals surface area contributed by atoms with Crippen molar-refractivity contribution in [1.82, 2.24) is 5.32 Å². The first kappa shape index (κ1) is 14.5. The number of halogens is 3. The van der Waals surface area contributed by atoms with Gasteiger partial charge >= 0.3 is 0 Å². The van der Waals surface area contributed by atoms with Crippen LogP contribution in [0.1, 0.15) is 24.1 Å². The molecule has 0 amide bonds. The zero-order valence-corrected chi connectivity index (χ0v) is 12.8. The van der Waals surface area contributed by atoms with Crippen molar-refractivity contribution in [1.29, 1.82) is 0 Å². The Morgan fingerprint density at radius 1 is 1.26 bits per heavy atom. The summed E-state index contributed by atoms with van der Waals surface area (Å²) < 4.78 is 14.2. The minimum atomic E-state index is -0.213. The van der Waals surface area contributed by atoms with Gasteiger partial charge in [0, 0.05) is 22.1 Å². The van der Waals surface area contributed by atoms with Crippen molar-refractivity contribution in [2.75, 3.05) is 0 Å². The Morgan fingerprint density at radius 2 is 2.05 bits per heavy atom. The Morgan fingerprint density at radius 3 is 2.79 bits per heavy atom. The number of hydrogen-bond acceptors (Lipinski definition) is 1. The van der Waals surface area contributed by atoms with Crippen LogP contribution in [0.3, 0.4) is 0 Å². The fraction of sp³-hybridized carbons (Fsp3) is 0.200. The normalized spacial score (nSPS) is 12.4. The van der Waals surface area contributed by atoms with E-state index in [9.17, 15) is 4.39 Å². The molecule has 0 aliphatic carbocycles. The lowest BCUT2D eigenvalue weighted by atomic mass is 10.1. The second kappa shape index (κ2) is 6.51. The fourth-order valence-corrected chi connectivity index (χ4v) is 2.42. The molecule has 19 heavy (non-hydrogen) atoms. The molecule has 2 rings (SSSR count). The van der Waals surface area contributed by atoms with E-state index in [4.69, 9.17) is 11.6 Å². The van der Waals surface area contributed by atoms with Gasteiger partial charge in [-0.25, -0.2) is 4.39 Å². The van der Waals surface area contributed by atoms with Gasteiger partial charge in [0.25, 0.3) is 0 Å². The average Bonchev–Trinajstić information content (AvgIpc) is 2.39. The lowest BCUT2D eigenvalue weighted by Crippen LogP contribution is -2.18. The van der Waals surface area contributed by atoms with Crippen LogP contribution in [0.15, 0.2) is 46.9 Å². The molecule has 0 fully saturated rings. The van der Waals surface area contributed by atoms with E-state index < -0.39 is 0 Å². The summed E-state index contributed by atoms with van der Waals surface area (Å²) in [5.41, 5.74) is 2.01. The van der Waals surface area contributed by atoms with Gasteiger partial charge in [-0.1, -0.05) is 39.7 Å².